The summed E-state index contributed by atoms with van der Waals surface area (Å²) in [6.07, 6.45) is 6.83. The number of carbonyl (C=O) groups is 1. The summed E-state index contributed by atoms with van der Waals surface area (Å²) in [6.45, 7) is 7.79. The maximum atomic E-state index is 12.5. The molecule has 0 aliphatic heterocycles. The van der Waals surface area contributed by atoms with Gasteiger partial charge in [0.1, 0.15) is 0 Å². The van der Waals surface area contributed by atoms with Crippen LogP contribution < -0.4 is 11.1 Å². The molecule has 2 aliphatic rings. The zero-order valence-electron chi connectivity index (χ0n) is 13.2. The highest BCUT2D eigenvalue weighted by Crippen LogP contribution is 2.38. The number of rotatable bonds is 7. The first-order chi connectivity index (χ1) is 9.61. The second-order valence-electron chi connectivity index (χ2n) is 6.78. The maximum absolute atomic E-state index is 12.5. The van der Waals surface area contributed by atoms with Crippen LogP contribution in [0.3, 0.4) is 0 Å². The highest BCUT2D eigenvalue weighted by molar-refractivity contribution is 5.83. The Bertz CT molecular complexity index is 320. The molecule has 1 amide bonds. The van der Waals surface area contributed by atoms with Crippen LogP contribution in [0.4, 0.5) is 0 Å². The third-order valence-electron chi connectivity index (χ3n) is 5.26. The molecule has 116 valence electrons. The van der Waals surface area contributed by atoms with E-state index in [-0.39, 0.29) is 11.3 Å². The Kier molecular flexibility index (Phi) is 5.44. The summed E-state index contributed by atoms with van der Waals surface area (Å²) in [5, 5.41) is 3.15. The van der Waals surface area contributed by atoms with Gasteiger partial charge in [-0.2, -0.15) is 0 Å². The molecule has 0 aromatic heterocycles. The van der Waals surface area contributed by atoms with Crippen LogP contribution in [-0.4, -0.2) is 43.0 Å². The van der Waals surface area contributed by atoms with E-state index < -0.39 is 0 Å². The van der Waals surface area contributed by atoms with Gasteiger partial charge in [-0.15, -0.1) is 0 Å². The summed E-state index contributed by atoms with van der Waals surface area (Å²) in [5.41, 5.74) is 5.64. The van der Waals surface area contributed by atoms with Crippen molar-refractivity contribution in [3.05, 3.63) is 0 Å². The molecule has 0 radical (unpaired) electrons. The SMILES string of the molecule is CCN(CCNC(=O)C1(CN)CCC(C)CC1)C1CC1. The van der Waals surface area contributed by atoms with Gasteiger partial charge in [0.05, 0.1) is 5.41 Å². The first kappa shape index (κ1) is 15.8. The molecular formula is C16H31N3O. The normalized spacial score (nSPS) is 30.5. The Labute approximate surface area is 123 Å². The van der Waals surface area contributed by atoms with E-state index in [2.05, 4.69) is 24.1 Å². The van der Waals surface area contributed by atoms with Crippen molar-refractivity contribution in [1.82, 2.24) is 10.2 Å². The van der Waals surface area contributed by atoms with Crippen LogP contribution in [0.5, 0.6) is 0 Å². The van der Waals surface area contributed by atoms with E-state index in [1.54, 1.807) is 0 Å². The largest absolute Gasteiger partial charge is 0.354 e. The molecule has 4 heteroatoms. The number of amides is 1. The van der Waals surface area contributed by atoms with Crippen molar-refractivity contribution >= 4 is 5.91 Å². The highest BCUT2D eigenvalue weighted by atomic mass is 16.2. The Morgan fingerprint density at radius 1 is 1.30 bits per heavy atom. The predicted octanol–water partition coefficient (Wildman–Crippen LogP) is 1.74. The lowest BCUT2D eigenvalue weighted by Gasteiger charge is -2.37. The number of carbonyl (C=O) groups excluding carboxylic acids is 1. The lowest BCUT2D eigenvalue weighted by Crippen LogP contribution is -2.49. The minimum Gasteiger partial charge on any atom is -0.354 e. The van der Waals surface area contributed by atoms with E-state index in [0.29, 0.717) is 6.54 Å². The monoisotopic (exact) mass is 281 g/mol. The molecule has 0 saturated heterocycles. The molecule has 2 rings (SSSR count). The maximum Gasteiger partial charge on any atom is 0.227 e. The average molecular weight is 281 g/mol. The van der Waals surface area contributed by atoms with E-state index in [1.165, 1.54) is 12.8 Å². The van der Waals surface area contributed by atoms with Crippen LogP contribution >= 0.6 is 0 Å². The number of nitrogens with zero attached hydrogens (tertiary/aromatic N) is 1. The summed E-state index contributed by atoms with van der Waals surface area (Å²) < 4.78 is 0. The van der Waals surface area contributed by atoms with E-state index in [0.717, 1.165) is 57.3 Å². The smallest absolute Gasteiger partial charge is 0.227 e. The minimum absolute atomic E-state index is 0.193. The first-order valence-electron chi connectivity index (χ1n) is 8.33. The average Bonchev–Trinajstić information content (AvgIpc) is 3.29. The lowest BCUT2D eigenvalue weighted by molar-refractivity contribution is -0.132. The second kappa shape index (κ2) is 6.90. The van der Waals surface area contributed by atoms with Crippen LogP contribution in [0.15, 0.2) is 0 Å². The van der Waals surface area contributed by atoms with E-state index in [1.807, 2.05) is 0 Å². The topological polar surface area (TPSA) is 58.4 Å². The van der Waals surface area contributed by atoms with Gasteiger partial charge in [-0.3, -0.25) is 9.69 Å². The van der Waals surface area contributed by atoms with Crippen LogP contribution in [0, 0.1) is 11.3 Å². The molecule has 0 unspecified atom stereocenters. The number of hydrogen-bond donors (Lipinski definition) is 2. The number of likely N-dealkylation sites (N-methyl/N-ethyl adjacent to an activating group) is 1. The molecule has 0 bridgehead atoms. The van der Waals surface area contributed by atoms with Crippen molar-refractivity contribution in [3.63, 3.8) is 0 Å². The van der Waals surface area contributed by atoms with Crippen LogP contribution in [-0.2, 0) is 4.79 Å². The van der Waals surface area contributed by atoms with Gasteiger partial charge >= 0.3 is 0 Å². The van der Waals surface area contributed by atoms with Crippen LogP contribution in [0.1, 0.15) is 52.4 Å². The molecule has 2 saturated carbocycles. The Morgan fingerprint density at radius 2 is 1.95 bits per heavy atom. The van der Waals surface area contributed by atoms with Gasteiger partial charge in [0.25, 0.3) is 0 Å². The fourth-order valence-electron chi connectivity index (χ4n) is 3.38. The Balaban J connectivity index is 1.77. The summed E-state index contributed by atoms with van der Waals surface area (Å²) in [5.74, 6) is 0.937. The fourth-order valence-corrected chi connectivity index (χ4v) is 3.38. The summed E-state index contributed by atoms with van der Waals surface area (Å²) in [4.78, 5) is 15.0. The third-order valence-corrected chi connectivity index (χ3v) is 5.26. The van der Waals surface area contributed by atoms with Crippen molar-refractivity contribution in [1.29, 1.82) is 0 Å². The van der Waals surface area contributed by atoms with Crippen LogP contribution in [0.25, 0.3) is 0 Å². The summed E-state index contributed by atoms with van der Waals surface area (Å²) in [7, 11) is 0. The quantitative estimate of drug-likeness (QED) is 0.747. The number of nitrogens with one attached hydrogen (secondary N) is 1. The van der Waals surface area contributed by atoms with E-state index in [4.69, 9.17) is 5.73 Å². The number of hydrogen-bond acceptors (Lipinski definition) is 3. The van der Waals surface area contributed by atoms with Crippen LogP contribution in [0.2, 0.25) is 0 Å². The molecule has 20 heavy (non-hydrogen) atoms. The second-order valence-corrected chi connectivity index (χ2v) is 6.78. The third kappa shape index (κ3) is 3.73. The molecule has 0 aromatic carbocycles. The molecule has 0 atom stereocenters. The molecule has 2 aliphatic carbocycles. The van der Waals surface area contributed by atoms with Crippen molar-refractivity contribution in [2.24, 2.45) is 17.1 Å². The Morgan fingerprint density at radius 3 is 2.45 bits per heavy atom. The standard InChI is InChI=1S/C16H31N3O/c1-3-19(14-4-5-14)11-10-18-15(20)16(12-17)8-6-13(2)7-9-16/h13-14H,3-12,17H2,1-2H3,(H,18,20). The number of nitrogens with two attached hydrogens (primary N) is 1. The predicted molar refractivity (Wildman–Crippen MR) is 82.4 cm³/mol. The lowest BCUT2D eigenvalue weighted by atomic mass is 9.70. The van der Waals surface area contributed by atoms with Gasteiger partial charge in [0, 0.05) is 25.7 Å². The fraction of sp³-hybridized carbons (Fsp3) is 0.938. The van der Waals surface area contributed by atoms with Gasteiger partial charge in [-0.05, 0) is 51.0 Å². The molecule has 0 spiro atoms. The van der Waals surface area contributed by atoms with Crippen molar-refractivity contribution in [3.8, 4) is 0 Å². The first-order valence-corrected chi connectivity index (χ1v) is 8.33. The zero-order chi connectivity index (χ0) is 14.6. The van der Waals surface area contributed by atoms with Crippen molar-refractivity contribution in [2.45, 2.75) is 58.4 Å². The van der Waals surface area contributed by atoms with E-state index >= 15 is 0 Å². The van der Waals surface area contributed by atoms with Crippen molar-refractivity contribution < 1.29 is 4.79 Å². The molecule has 0 heterocycles. The summed E-state index contributed by atoms with van der Waals surface area (Å²) >= 11 is 0. The summed E-state index contributed by atoms with van der Waals surface area (Å²) in [6, 6.07) is 0.774. The molecule has 2 fully saturated rings. The Hall–Kier alpha value is -0.610. The zero-order valence-corrected chi connectivity index (χ0v) is 13.2. The van der Waals surface area contributed by atoms with Gasteiger partial charge in [0.15, 0.2) is 0 Å². The van der Waals surface area contributed by atoms with E-state index in [9.17, 15) is 4.79 Å². The van der Waals surface area contributed by atoms with Gasteiger partial charge in [0.2, 0.25) is 5.91 Å². The minimum atomic E-state index is -0.289. The highest BCUT2D eigenvalue weighted by Gasteiger charge is 2.39. The molecule has 0 aromatic rings. The van der Waals surface area contributed by atoms with Gasteiger partial charge < -0.3 is 11.1 Å². The van der Waals surface area contributed by atoms with Gasteiger partial charge in [-0.25, -0.2) is 0 Å². The molecule has 4 nitrogen and oxygen atoms in total. The van der Waals surface area contributed by atoms with Crippen molar-refractivity contribution in [2.75, 3.05) is 26.2 Å². The van der Waals surface area contributed by atoms with Gasteiger partial charge in [-0.1, -0.05) is 13.8 Å². The molecular weight excluding hydrogens is 250 g/mol. The molecule has 3 N–H and O–H groups in total.